The number of nitrogens with one attached hydrogen (secondary N) is 3. The van der Waals surface area contributed by atoms with E-state index in [0.717, 1.165) is 18.2 Å². The molecule has 0 bridgehead atoms. The summed E-state index contributed by atoms with van der Waals surface area (Å²) in [7, 11) is 0. The number of rotatable bonds is 6. The number of benzene rings is 1. The van der Waals surface area contributed by atoms with Gasteiger partial charge in [-0.25, -0.2) is 9.67 Å². The van der Waals surface area contributed by atoms with Crippen molar-refractivity contribution in [3.8, 4) is 11.3 Å². The van der Waals surface area contributed by atoms with Gasteiger partial charge in [0.05, 0.1) is 28.9 Å². The summed E-state index contributed by atoms with van der Waals surface area (Å²) >= 11 is 5.63. The molecule has 4 rings (SSSR count). The number of carbonyl (C=O) groups excluding carboxylic acids is 2. The fourth-order valence-corrected chi connectivity index (χ4v) is 3.78. The summed E-state index contributed by atoms with van der Waals surface area (Å²) in [6.07, 6.45) is 0.116. The average molecular weight is 506 g/mol. The van der Waals surface area contributed by atoms with Crippen LogP contribution in [-0.2, 0) is 15.8 Å². The molecule has 0 aliphatic carbocycles. The number of nitrogens with zero attached hydrogens (tertiary/aromatic N) is 4. The van der Waals surface area contributed by atoms with Gasteiger partial charge in [0.1, 0.15) is 11.5 Å². The highest BCUT2D eigenvalue weighted by molar-refractivity contribution is 6.31. The smallest absolute Gasteiger partial charge is 0.325 e. The van der Waals surface area contributed by atoms with Crippen molar-refractivity contribution in [2.24, 2.45) is 0 Å². The van der Waals surface area contributed by atoms with Gasteiger partial charge in [0, 0.05) is 24.0 Å². The Hall–Kier alpha value is -3.77. The van der Waals surface area contributed by atoms with Gasteiger partial charge in [-0.2, -0.15) is 13.2 Å². The van der Waals surface area contributed by atoms with Crippen molar-refractivity contribution in [2.45, 2.75) is 24.7 Å². The van der Waals surface area contributed by atoms with Crippen LogP contribution in [0.3, 0.4) is 0 Å². The number of amides is 2. The van der Waals surface area contributed by atoms with Crippen molar-refractivity contribution < 1.29 is 22.8 Å². The Morgan fingerprint density at radius 2 is 2.03 bits per heavy atom. The summed E-state index contributed by atoms with van der Waals surface area (Å²) in [4.78, 5) is 28.1. The molecule has 2 aromatic heterocycles. The fraction of sp³-hybridized carbons (Fsp3) is 0.227. The van der Waals surface area contributed by atoms with Crippen LogP contribution in [0.4, 0.5) is 24.7 Å². The molecule has 13 heteroatoms. The normalized spacial score (nSPS) is 17.7. The molecule has 2 amide bonds. The minimum absolute atomic E-state index is 0.000226. The van der Waals surface area contributed by atoms with Crippen LogP contribution in [0.15, 0.2) is 55.4 Å². The van der Waals surface area contributed by atoms with Crippen LogP contribution in [0.5, 0.6) is 0 Å². The van der Waals surface area contributed by atoms with E-state index in [0.29, 0.717) is 30.0 Å². The molecule has 0 unspecified atom stereocenters. The molecule has 1 aliphatic rings. The number of hydrogen-bond donors (Lipinski definition) is 3. The van der Waals surface area contributed by atoms with Crippen LogP contribution in [0.25, 0.3) is 11.3 Å². The second kappa shape index (κ2) is 9.84. The third-order valence-corrected chi connectivity index (χ3v) is 5.67. The standard InChI is InChI=1S/C22H19ClF3N7O2/c1-2-20(34)30-19-6-3-12(9-28-19)18-11-33(32-31-18)14-8-17(27-10-14)21(35)29-13-4-5-16(23)15(7-13)22(24,25)26/h2-7,9,11,14,17,27H,1,8,10H2,(H,29,35)(H,28,30,34)/t14-,17-/m0/s1. The molecule has 0 saturated carbocycles. The molecule has 35 heavy (non-hydrogen) atoms. The van der Waals surface area contributed by atoms with Crippen molar-refractivity contribution in [1.29, 1.82) is 0 Å². The summed E-state index contributed by atoms with van der Waals surface area (Å²) in [6, 6.07) is 5.73. The second-order valence-electron chi connectivity index (χ2n) is 7.74. The molecule has 1 fully saturated rings. The zero-order chi connectivity index (χ0) is 25.2. The zero-order valence-electron chi connectivity index (χ0n) is 18.0. The van der Waals surface area contributed by atoms with E-state index >= 15 is 0 Å². The Labute approximate surface area is 202 Å². The number of alkyl halides is 3. The van der Waals surface area contributed by atoms with Gasteiger partial charge < -0.3 is 16.0 Å². The molecule has 0 radical (unpaired) electrons. The maximum atomic E-state index is 13.1. The molecule has 3 heterocycles. The molecule has 182 valence electrons. The van der Waals surface area contributed by atoms with Crippen molar-refractivity contribution in [1.82, 2.24) is 25.3 Å². The molecule has 9 nitrogen and oxygen atoms in total. The van der Waals surface area contributed by atoms with Crippen molar-refractivity contribution in [3.63, 3.8) is 0 Å². The predicted octanol–water partition coefficient (Wildman–Crippen LogP) is 3.68. The maximum Gasteiger partial charge on any atom is 0.417 e. The van der Waals surface area contributed by atoms with Crippen LogP contribution >= 0.6 is 11.6 Å². The first-order valence-electron chi connectivity index (χ1n) is 10.4. The van der Waals surface area contributed by atoms with Gasteiger partial charge in [0.2, 0.25) is 11.8 Å². The number of hydrogen-bond acceptors (Lipinski definition) is 6. The Kier molecular flexibility index (Phi) is 6.85. The molecule has 1 aromatic carbocycles. The van der Waals surface area contributed by atoms with E-state index in [4.69, 9.17) is 11.6 Å². The lowest BCUT2D eigenvalue weighted by molar-refractivity contribution is -0.137. The maximum absolute atomic E-state index is 13.1. The first-order chi connectivity index (χ1) is 16.6. The highest BCUT2D eigenvalue weighted by atomic mass is 35.5. The fourth-order valence-electron chi connectivity index (χ4n) is 3.55. The number of carbonyl (C=O) groups is 2. The molecule has 2 atom stereocenters. The molecule has 3 aromatic rings. The van der Waals surface area contributed by atoms with Crippen molar-refractivity contribution >= 4 is 34.9 Å². The number of aromatic nitrogens is 4. The molecular formula is C22H19ClF3N7O2. The Morgan fingerprint density at radius 1 is 1.23 bits per heavy atom. The number of halogens is 4. The highest BCUT2D eigenvalue weighted by Crippen LogP contribution is 2.36. The van der Waals surface area contributed by atoms with E-state index in [1.165, 1.54) is 12.3 Å². The van der Waals surface area contributed by atoms with Crippen LogP contribution < -0.4 is 16.0 Å². The third-order valence-electron chi connectivity index (χ3n) is 5.34. The van der Waals surface area contributed by atoms with Crippen LogP contribution in [0.1, 0.15) is 18.0 Å². The minimum atomic E-state index is -4.63. The quantitative estimate of drug-likeness (QED) is 0.440. The van der Waals surface area contributed by atoms with E-state index in [9.17, 15) is 22.8 Å². The van der Waals surface area contributed by atoms with Gasteiger partial charge in [0.15, 0.2) is 0 Å². The first-order valence-corrected chi connectivity index (χ1v) is 10.7. The lowest BCUT2D eigenvalue weighted by Crippen LogP contribution is -2.35. The Balaban J connectivity index is 1.38. The summed E-state index contributed by atoms with van der Waals surface area (Å²) in [6.45, 7) is 3.79. The van der Waals surface area contributed by atoms with E-state index in [2.05, 4.69) is 37.8 Å². The topological polar surface area (TPSA) is 114 Å². The van der Waals surface area contributed by atoms with Crippen LogP contribution in [0.2, 0.25) is 5.02 Å². The second-order valence-corrected chi connectivity index (χ2v) is 8.15. The van der Waals surface area contributed by atoms with E-state index in [1.54, 1.807) is 23.0 Å². The van der Waals surface area contributed by atoms with Crippen molar-refractivity contribution in [3.05, 3.63) is 66.0 Å². The number of pyridine rings is 1. The number of anilines is 2. The predicted molar refractivity (Wildman–Crippen MR) is 123 cm³/mol. The largest absolute Gasteiger partial charge is 0.417 e. The summed E-state index contributed by atoms with van der Waals surface area (Å²) in [5, 5.41) is 15.9. The SMILES string of the molecule is C=CC(=O)Nc1ccc(-c2cn([C@@H]3CN[C@H](C(=O)Nc4ccc(Cl)c(C(F)(F)F)c4)C3)nn2)cn1. The lowest BCUT2D eigenvalue weighted by atomic mass is 10.1. The molecule has 1 aliphatic heterocycles. The van der Waals surface area contributed by atoms with E-state index in [1.807, 2.05) is 0 Å². The van der Waals surface area contributed by atoms with Gasteiger partial charge in [-0.05, 0) is 42.8 Å². The van der Waals surface area contributed by atoms with Gasteiger partial charge in [-0.1, -0.05) is 23.4 Å². The average Bonchev–Trinajstić information content (AvgIpc) is 3.50. The highest BCUT2D eigenvalue weighted by Gasteiger charge is 2.34. The summed E-state index contributed by atoms with van der Waals surface area (Å²) in [5.74, 6) is -0.479. The monoisotopic (exact) mass is 505 g/mol. The van der Waals surface area contributed by atoms with Crippen LogP contribution in [-0.4, -0.2) is 44.4 Å². The van der Waals surface area contributed by atoms with Gasteiger partial charge in [-0.3, -0.25) is 9.59 Å². The molecule has 0 spiro atoms. The first kappa shape index (κ1) is 24.4. The third kappa shape index (κ3) is 5.66. The molecule has 3 N–H and O–H groups in total. The Morgan fingerprint density at radius 3 is 2.71 bits per heavy atom. The lowest BCUT2D eigenvalue weighted by Gasteiger charge is -2.14. The minimum Gasteiger partial charge on any atom is -0.325 e. The van der Waals surface area contributed by atoms with Gasteiger partial charge in [-0.15, -0.1) is 5.10 Å². The van der Waals surface area contributed by atoms with E-state index in [-0.39, 0.29) is 17.6 Å². The van der Waals surface area contributed by atoms with Gasteiger partial charge >= 0.3 is 6.18 Å². The molecular weight excluding hydrogens is 487 g/mol. The summed E-state index contributed by atoms with van der Waals surface area (Å²) in [5.41, 5.74) is 0.208. The van der Waals surface area contributed by atoms with Gasteiger partial charge in [0.25, 0.3) is 0 Å². The zero-order valence-corrected chi connectivity index (χ0v) is 18.8. The molecule has 1 saturated heterocycles. The van der Waals surface area contributed by atoms with Crippen LogP contribution in [0, 0.1) is 0 Å². The summed E-state index contributed by atoms with van der Waals surface area (Å²) < 4.78 is 40.8. The Bertz CT molecular complexity index is 1260. The van der Waals surface area contributed by atoms with Crippen molar-refractivity contribution in [2.75, 3.05) is 17.2 Å². The van der Waals surface area contributed by atoms with E-state index < -0.39 is 28.7 Å².